The Kier molecular flexibility index (Phi) is 3.72. The second kappa shape index (κ2) is 5.35. The average molecular weight is 362 g/mol. The monoisotopic (exact) mass is 362 g/mol. The van der Waals surface area contributed by atoms with Gasteiger partial charge < -0.3 is 19.4 Å². The molecule has 0 radical (unpaired) electrons. The van der Waals surface area contributed by atoms with Gasteiger partial charge in [-0.1, -0.05) is 20.8 Å². The summed E-state index contributed by atoms with van der Waals surface area (Å²) in [6, 6.07) is 1.51. The standard InChI is InChI=1S/C21H30O5/c1-11-8-13(22)12-9-15-20(4,26-18(12)25-11)7-6-14-19(2,3)16(23)10-17(24)21(14,15)5/h8,14-17,23-24H,6-7,9-10H2,1-5H3. The summed E-state index contributed by atoms with van der Waals surface area (Å²) in [4.78, 5) is 12.5. The Labute approximate surface area is 154 Å². The van der Waals surface area contributed by atoms with Gasteiger partial charge in [-0.3, -0.25) is 4.79 Å². The zero-order valence-corrected chi connectivity index (χ0v) is 16.3. The fraction of sp³-hybridized carbons (Fsp3) is 0.762. The maximum absolute atomic E-state index is 12.5. The molecule has 2 saturated carbocycles. The first-order valence-electron chi connectivity index (χ1n) is 9.69. The van der Waals surface area contributed by atoms with Crippen molar-refractivity contribution >= 4 is 0 Å². The zero-order chi connectivity index (χ0) is 19.1. The van der Waals surface area contributed by atoms with Crippen LogP contribution >= 0.6 is 0 Å². The van der Waals surface area contributed by atoms with Crippen LogP contribution in [0.15, 0.2) is 15.3 Å². The molecule has 0 aromatic carbocycles. The number of aliphatic hydroxyl groups excluding tert-OH is 2. The van der Waals surface area contributed by atoms with Crippen LogP contribution in [-0.2, 0) is 6.42 Å². The number of aliphatic hydroxyl groups is 2. The smallest absolute Gasteiger partial charge is 0.292 e. The van der Waals surface area contributed by atoms with Crippen LogP contribution in [0.5, 0.6) is 5.95 Å². The first-order chi connectivity index (χ1) is 12.0. The van der Waals surface area contributed by atoms with E-state index in [4.69, 9.17) is 9.15 Å². The Morgan fingerprint density at radius 2 is 1.81 bits per heavy atom. The molecule has 1 aromatic heterocycles. The van der Waals surface area contributed by atoms with Crippen molar-refractivity contribution in [2.75, 3.05) is 0 Å². The number of aryl methyl sites for hydroxylation is 1. The highest BCUT2D eigenvalue weighted by molar-refractivity contribution is 5.31. The first-order valence-corrected chi connectivity index (χ1v) is 9.69. The van der Waals surface area contributed by atoms with Crippen molar-refractivity contribution in [3.8, 4) is 5.95 Å². The molecular weight excluding hydrogens is 332 g/mol. The molecule has 2 aliphatic carbocycles. The van der Waals surface area contributed by atoms with Gasteiger partial charge >= 0.3 is 0 Å². The van der Waals surface area contributed by atoms with Crippen LogP contribution < -0.4 is 10.2 Å². The van der Waals surface area contributed by atoms with E-state index in [9.17, 15) is 15.0 Å². The normalized spacial score (nSPS) is 43.7. The molecule has 0 bridgehead atoms. The van der Waals surface area contributed by atoms with Crippen molar-refractivity contribution in [2.45, 2.75) is 78.1 Å². The molecule has 5 heteroatoms. The van der Waals surface area contributed by atoms with Gasteiger partial charge in [-0.25, -0.2) is 0 Å². The van der Waals surface area contributed by atoms with E-state index in [-0.39, 0.29) is 22.7 Å². The van der Waals surface area contributed by atoms with E-state index in [1.54, 1.807) is 6.92 Å². The van der Waals surface area contributed by atoms with Gasteiger partial charge in [0.15, 0.2) is 5.43 Å². The van der Waals surface area contributed by atoms with Crippen molar-refractivity contribution < 1.29 is 19.4 Å². The van der Waals surface area contributed by atoms with Crippen LogP contribution in [-0.4, -0.2) is 28.0 Å². The van der Waals surface area contributed by atoms with Crippen molar-refractivity contribution in [3.05, 3.63) is 27.6 Å². The van der Waals surface area contributed by atoms with Crippen LogP contribution in [0.1, 0.15) is 58.3 Å². The van der Waals surface area contributed by atoms with Gasteiger partial charge in [0.2, 0.25) is 0 Å². The van der Waals surface area contributed by atoms with Gasteiger partial charge in [0.25, 0.3) is 5.95 Å². The van der Waals surface area contributed by atoms with Crippen molar-refractivity contribution in [1.82, 2.24) is 0 Å². The van der Waals surface area contributed by atoms with E-state index in [0.717, 1.165) is 12.8 Å². The van der Waals surface area contributed by atoms with Crippen molar-refractivity contribution in [3.63, 3.8) is 0 Å². The van der Waals surface area contributed by atoms with E-state index in [0.29, 0.717) is 30.1 Å². The fourth-order valence-electron chi connectivity index (χ4n) is 6.31. The number of rotatable bonds is 0. The summed E-state index contributed by atoms with van der Waals surface area (Å²) in [5.74, 6) is 1.06. The molecule has 4 rings (SSSR count). The second-order valence-electron chi connectivity index (χ2n) is 9.70. The second-order valence-corrected chi connectivity index (χ2v) is 9.70. The third-order valence-electron chi connectivity index (χ3n) is 7.96. The molecule has 5 nitrogen and oxygen atoms in total. The SMILES string of the molecule is Cc1cc(=O)c2c(o1)OC1(C)CCC3C(C)(C)C(O)CC(O)C3(C)C1C2. The lowest BCUT2D eigenvalue weighted by molar-refractivity contribution is -0.238. The molecule has 6 unspecified atom stereocenters. The highest BCUT2D eigenvalue weighted by Gasteiger charge is 2.66. The minimum atomic E-state index is -0.622. The lowest BCUT2D eigenvalue weighted by atomic mass is 9.43. The minimum absolute atomic E-state index is 0.00590. The summed E-state index contributed by atoms with van der Waals surface area (Å²) in [5.41, 5.74) is -0.670. The molecule has 1 aliphatic heterocycles. The van der Waals surface area contributed by atoms with E-state index >= 15 is 0 Å². The predicted molar refractivity (Wildman–Crippen MR) is 97.2 cm³/mol. The Bertz CT molecular complexity index is 796. The summed E-state index contributed by atoms with van der Waals surface area (Å²) in [6.07, 6.45) is 1.45. The molecule has 0 saturated heterocycles. The molecule has 2 heterocycles. The van der Waals surface area contributed by atoms with Gasteiger partial charge in [0.05, 0.1) is 17.8 Å². The van der Waals surface area contributed by atoms with Crippen molar-refractivity contribution in [2.24, 2.45) is 22.7 Å². The van der Waals surface area contributed by atoms with Crippen LogP contribution in [0.25, 0.3) is 0 Å². The van der Waals surface area contributed by atoms with E-state index in [1.807, 2.05) is 0 Å². The molecule has 2 fully saturated rings. The molecular formula is C21H30O5. The van der Waals surface area contributed by atoms with Crippen molar-refractivity contribution in [1.29, 1.82) is 0 Å². The number of fused-ring (bicyclic) bond motifs is 4. The van der Waals surface area contributed by atoms with Crippen LogP contribution in [0.2, 0.25) is 0 Å². The molecule has 0 spiro atoms. The average Bonchev–Trinajstić information content (AvgIpc) is 2.51. The fourth-order valence-corrected chi connectivity index (χ4v) is 6.31. The molecule has 6 atom stereocenters. The zero-order valence-electron chi connectivity index (χ0n) is 16.3. The summed E-state index contributed by atoms with van der Waals surface area (Å²) in [6.45, 7) is 10.2. The van der Waals surface area contributed by atoms with E-state index in [1.165, 1.54) is 6.07 Å². The predicted octanol–water partition coefficient (Wildman–Crippen LogP) is 2.83. The van der Waals surface area contributed by atoms with Crippen LogP contribution in [0, 0.1) is 29.6 Å². The summed E-state index contributed by atoms with van der Waals surface area (Å²) < 4.78 is 12.0. The molecule has 3 aliphatic rings. The molecule has 2 N–H and O–H groups in total. The third kappa shape index (κ3) is 2.19. The molecule has 0 amide bonds. The van der Waals surface area contributed by atoms with Gasteiger partial charge in [-0.2, -0.15) is 0 Å². The molecule has 144 valence electrons. The number of ether oxygens (including phenoxy) is 1. The Morgan fingerprint density at radius 3 is 2.50 bits per heavy atom. The Balaban J connectivity index is 1.84. The maximum Gasteiger partial charge on any atom is 0.292 e. The summed E-state index contributed by atoms with van der Waals surface area (Å²) >= 11 is 0. The van der Waals surface area contributed by atoms with E-state index < -0.39 is 23.2 Å². The largest absolute Gasteiger partial charge is 0.458 e. The summed E-state index contributed by atoms with van der Waals surface area (Å²) in [5, 5.41) is 21.7. The highest BCUT2D eigenvalue weighted by atomic mass is 16.6. The topological polar surface area (TPSA) is 79.9 Å². The van der Waals surface area contributed by atoms with Crippen LogP contribution in [0.3, 0.4) is 0 Å². The lowest BCUT2D eigenvalue weighted by Crippen LogP contribution is -2.68. The Hall–Kier alpha value is -1.33. The number of hydrogen-bond donors (Lipinski definition) is 2. The number of hydrogen-bond acceptors (Lipinski definition) is 5. The minimum Gasteiger partial charge on any atom is -0.458 e. The highest BCUT2D eigenvalue weighted by Crippen LogP contribution is 2.64. The molecule has 26 heavy (non-hydrogen) atoms. The molecule has 1 aromatic rings. The van der Waals surface area contributed by atoms with E-state index in [2.05, 4.69) is 27.7 Å². The quantitative estimate of drug-likeness (QED) is 0.742. The first kappa shape index (κ1) is 18.1. The Morgan fingerprint density at radius 1 is 1.12 bits per heavy atom. The van der Waals surface area contributed by atoms with Gasteiger partial charge in [0.1, 0.15) is 11.4 Å². The maximum atomic E-state index is 12.5. The van der Waals surface area contributed by atoms with Gasteiger partial charge in [-0.15, -0.1) is 0 Å². The summed E-state index contributed by atoms with van der Waals surface area (Å²) in [7, 11) is 0. The van der Waals surface area contributed by atoms with Gasteiger partial charge in [0, 0.05) is 23.8 Å². The van der Waals surface area contributed by atoms with Crippen LogP contribution in [0.4, 0.5) is 0 Å². The lowest BCUT2D eigenvalue weighted by Gasteiger charge is -2.65. The third-order valence-corrected chi connectivity index (χ3v) is 7.96. The van der Waals surface area contributed by atoms with Gasteiger partial charge in [-0.05, 0) is 44.4 Å².